The zero-order valence-electron chi connectivity index (χ0n) is 13.2. The number of halogens is 5. The van der Waals surface area contributed by atoms with E-state index in [9.17, 15) is 18.0 Å². The number of H-pyrrole nitrogens is 1. The van der Waals surface area contributed by atoms with Crippen LogP contribution in [0.3, 0.4) is 0 Å². The van der Waals surface area contributed by atoms with E-state index in [4.69, 9.17) is 32.7 Å². The van der Waals surface area contributed by atoms with E-state index in [1.807, 2.05) is 0 Å². The molecule has 0 unspecified atom stereocenters. The number of hydrogen-bond acceptors (Lipinski definition) is 4. The van der Waals surface area contributed by atoms with Gasteiger partial charge in [-0.2, -0.15) is 18.2 Å². The molecule has 1 aromatic heterocycles. The molecule has 3 aromatic rings. The van der Waals surface area contributed by atoms with Gasteiger partial charge in [0.1, 0.15) is 22.3 Å². The molecule has 140 valence electrons. The third kappa shape index (κ3) is 4.72. The third-order valence-corrected chi connectivity index (χ3v) is 3.85. The molecule has 0 spiro atoms. The molecule has 5 nitrogen and oxygen atoms in total. The average molecular weight is 417 g/mol. The minimum atomic E-state index is -4.59. The van der Waals surface area contributed by atoms with Gasteiger partial charge in [0.15, 0.2) is 0 Å². The van der Waals surface area contributed by atoms with Crippen LogP contribution in [0, 0.1) is 0 Å². The SMILES string of the molecule is O=c1ncc(Cl)c(Oc2ccc(Oc3ccc(Cl)c(C(F)(F)F)c3)cc2)[nH]1. The molecule has 3 rings (SSSR count). The number of alkyl halides is 3. The molecule has 10 heteroatoms. The van der Waals surface area contributed by atoms with Crippen molar-refractivity contribution in [1.29, 1.82) is 0 Å². The Morgan fingerprint density at radius 1 is 0.889 bits per heavy atom. The summed E-state index contributed by atoms with van der Waals surface area (Å²) in [7, 11) is 0. The fraction of sp³-hybridized carbons (Fsp3) is 0.0588. The summed E-state index contributed by atoms with van der Waals surface area (Å²) in [5.74, 6) is 0.574. The van der Waals surface area contributed by atoms with Crippen LogP contribution in [0.15, 0.2) is 53.5 Å². The summed E-state index contributed by atoms with van der Waals surface area (Å²) in [6.45, 7) is 0. The molecule has 2 aromatic carbocycles. The highest BCUT2D eigenvalue weighted by Crippen LogP contribution is 2.38. The first kappa shape index (κ1) is 19.1. The summed E-state index contributed by atoms with van der Waals surface area (Å²) in [4.78, 5) is 17.0. The summed E-state index contributed by atoms with van der Waals surface area (Å²) < 4.78 is 49.5. The zero-order chi connectivity index (χ0) is 19.6. The maximum absolute atomic E-state index is 12.9. The van der Waals surface area contributed by atoms with Crippen LogP contribution in [0.1, 0.15) is 5.56 Å². The van der Waals surface area contributed by atoms with E-state index in [1.165, 1.54) is 30.3 Å². The highest BCUT2D eigenvalue weighted by Gasteiger charge is 2.33. The number of nitrogens with zero attached hydrogens (tertiary/aromatic N) is 1. The lowest BCUT2D eigenvalue weighted by molar-refractivity contribution is -0.137. The predicted molar refractivity (Wildman–Crippen MR) is 92.9 cm³/mol. The van der Waals surface area contributed by atoms with Gasteiger partial charge in [0.2, 0.25) is 5.88 Å². The molecule has 0 aliphatic heterocycles. The number of hydrogen-bond donors (Lipinski definition) is 1. The summed E-state index contributed by atoms with van der Waals surface area (Å²) >= 11 is 11.4. The lowest BCUT2D eigenvalue weighted by atomic mass is 10.2. The van der Waals surface area contributed by atoms with Crippen molar-refractivity contribution in [2.24, 2.45) is 0 Å². The number of benzene rings is 2. The number of aromatic amines is 1. The van der Waals surface area contributed by atoms with Gasteiger partial charge in [-0.1, -0.05) is 23.2 Å². The van der Waals surface area contributed by atoms with Gasteiger partial charge >= 0.3 is 11.9 Å². The van der Waals surface area contributed by atoms with Crippen molar-refractivity contribution in [3.63, 3.8) is 0 Å². The average Bonchev–Trinajstić information content (AvgIpc) is 2.60. The Hall–Kier alpha value is -2.71. The first-order chi connectivity index (χ1) is 12.7. The Labute approximate surface area is 160 Å². The lowest BCUT2D eigenvalue weighted by Gasteiger charge is -2.12. The standard InChI is InChI=1S/C17H9Cl2F3N2O3/c18-13-6-5-11(7-12(13)17(20,21)22)26-9-1-3-10(4-2-9)27-15-14(19)8-23-16(25)24-15/h1-8H,(H,23,24,25). The molecular weight excluding hydrogens is 408 g/mol. The van der Waals surface area contributed by atoms with Crippen molar-refractivity contribution >= 4 is 23.2 Å². The van der Waals surface area contributed by atoms with Gasteiger partial charge in [0.05, 0.1) is 16.8 Å². The second-order valence-corrected chi connectivity index (χ2v) is 5.99. The normalized spacial score (nSPS) is 11.3. The topological polar surface area (TPSA) is 64.2 Å². The van der Waals surface area contributed by atoms with Crippen LogP contribution >= 0.6 is 23.2 Å². The molecule has 0 radical (unpaired) electrons. The molecule has 0 aliphatic rings. The van der Waals surface area contributed by atoms with Gasteiger partial charge in [-0.25, -0.2) is 4.79 Å². The smallest absolute Gasteiger partial charge is 0.417 e. The van der Waals surface area contributed by atoms with E-state index in [-0.39, 0.29) is 22.4 Å². The molecule has 0 aliphatic carbocycles. The number of aromatic nitrogens is 2. The van der Waals surface area contributed by atoms with Gasteiger partial charge < -0.3 is 9.47 Å². The quantitative estimate of drug-likeness (QED) is 0.593. The highest BCUT2D eigenvalue weighted by molar-refractivity contribution is 6.31. The van der Waals surface area contributed by atoms with Crippen molar-refractivity contribution in [3.8, 4) is 23.1 Å². The van der Waals surface area contributed by atoms with E-state index in [0.717, 1.165) is 18.3 Å². The Morgan fingerprint density at radius 3 is 2.11 bits per heavy atom. The minimum Gasteiger partial charge on any atom is -0.457 e. The Bertz CT molecular complexity index is 1020. The van der Waals surface area contributed by atoms with Crippen LogP contribution in [-0.2, 0) is 6.18 Å². The first-order valence-electron chi connectivity index (χ1n) is 7.30. The van der Waals surface area contributed by atoms with E-state index in [0.29, 0.717) is 5.75 Å². The monoisotopic (exact) mass is 416 g/mol. The number of ether oxygens (including phenoxy) is 2. The maximum atomic E-state index is 12.9. The van der Waals surface area contributed by atoms with Crippen molar-refractivity contribution in [1.82, 2.24) is 9.97 Å². The molecular formula is C17H9Cl2F3N2O3. The van der Waals surface area contributed by atoms with Gasteiger partial charge in [-0.15, -0.1) is 0 Å². The molecule has 0 saturated carbocycles. The third-order valence-electron chi connectivity index (χ3n) is 3.26. The summed E-state index contributed by atoms with van der Waals surface area (Å²) in [5, 5.41) is -0.308. The molecule has 0 bridgehead atoms. The van der Waals surface area contributed by atoms with Gasteiger partial charge in [-0.05, 0) is 42.5 Å². The van der Waals surface area contributed by atoms with Crippen molar-refractivity contribution in [2.45, 2.75) is 6.18 Å². The Morgan fingerprint density at radius 2 is 1.48 bits per heavy atom. The molecule has 0 atom stereocenters. The second-order valence-electron chi connectivity index (χ2n) is 5.18. The summed E-state index contributed by atoms with van der Waals surface area (Å²) in [6, 6.07) is 9.18. The van der Waals surface area contributed by atoms with Gasteiger partial charge in [-0.3, -0.25) is 4.98 Å². The second kappa shape index (κ2) is 7.50. The van der Waals surface area contributed by atoms with E-state index >= 15 is 0 Å². The van der Waals surface area contributed by atoms with Gasteiger partial charge in [0, 0.05) is 0 Å². The lowest BCUT2D eigenvalue weighted by Crippen LogP contribution is -2.09. The van der Waals surface area contributed by atoms with Crippen LogP contribution in [0.5, 0.6) is 23.1 Å². The summed E-state index contributed by atoms with van der Waals surface area (Å²) in [6.07, 6.45) is -3.44. The van der Waals surface area contributed by atoms with Crippen LogP contribution in [-0.4, -0.2) is 9.97 Å². The molecule has 1 heterocycles. The van der Waals surface area contributed by atoms with E-state index < -0.39 is 22.5 Å². The van der Waals surface area contributed by atoms with Crippen LogP contribution in [0.25, 0.3) is 0 Å². The number of nitrogens with one attached hydrogen (secondary N) is 1. The Kier molecular flexibility index (Phi) is 5.29. The van der Waals surface area contributed by atoms with E-state index in [2.05, 4.69) is 9.97 Å². The Balaban J connectivity index is 1.76. The van der Waals surface area contributed by atoms with E-state index in [1.54, 1.807) is 0 Å². The molecule has 1 N–H and O–H groups in total. The molecule has 0 amide bonds. The summed E-state index contributed by atoms with van der Waals surface area (Å²) in [5.41, 5.74) is -1.62. The molecule has 0 fully saturated rings. The largest absolute Gasteiger partial charge is 0.457 e. The predicted octanol–water partition coefficient (Wildman–Crippen LogP) is 5.68. The van der Waals surface area contributed by atoms with Crippen LogP contribution < -0.4 is 15.2 Å². The van der Waals surface area contributed by atoms with Crippen molar-refractivity contribution in [2.75, 3.05) is 0 Å². The first-order valence-corrected chi connectivity index (χ1v) is 8.05. The molecule has 0 saturated heterocycles. The fourth-order valence-corrected chi connectivity index (χ4v) is 2.41. The van der Waals surface area contributed by atoms with Crippen LogP contribution in [0.4, 0.5) is 13.2 Å². The number of rotatable bonds is 4. The van der Waals surface area contributed by atoms with Crippen molar-refractivity contribution in [3.05, 3.63) is 74.8 Å². The van der Waals surface area contributed by atoms with Crippen LogP contribution in [0.2, 0.25) is 10.0 Å². The fourth-order valence-electron chi connectivity index (χ4n) is 2.05. The minimum absolute atomic E-state index is 0.0119. The maximum Gasteiger partial charge on any atom is 0.417 e. The van der Waals surface area contributed by atoms with Gasteiger partial charge in [0.25, 0.3) is 0 Å². The zero-order valence-corrected chi connectivity index (χ0v) is 14.7. The van der Waals surface area contributed by atoms with Crippen molar-refractivity contribution < 1.29 is 22.6 Å². The highest BCUT2D eigenvalue weighted by atomic mass is 35.5. The molecule has 27 heavy (non-hydrogen) atoms.